The molecule has 2 aromatic carbocycles. The third kappa shape index (κ3) is 2.53. The molecule has 0 saturated heterocycles. The summed E-state index contributed by atoms with van der Waals surface area (Å²) in [6.07, 6.45) is 3.55. The lowest BCUT2D eigenvalue weighted by Crippen LogP contribution is -2.15. The summed E-state index contributed by atoms with van der Waals surface area (Å²) < 4.78 is 14.9. The maximum absolute atomic E-state index is 13.3. The van der Waals surface area contributed by atoms with Gasteiger partial charge in [-0.1, -0.05) is 30.3 Å². The van der Waals surface area contributed by atoms with E-state index in [0.717, 1.165) is 11.1 Å². The summed E-state index contributed by atoms with van der Waals surface area (Å²) in [6.45, 7) is 0. The van der Waals surface area contributed by atoms with Gasteiger partial charge in [0.2, 0.25) is 0 Å². The Morgan fingerprint density at radius 2 is 1.86 bits per heavy atom. The molecule has 0 atom stereocenters. The highest BCUT2D eigenvalue weighted by Gasteiger charge is 2.10. The van der Waals surface area contributed by atoms with Gasteiger partial charge in [-0.15, -0.1) is 0 Å². The Morgan fingerprint density at radius 1 is 1.10 bits per heavy atom. The van der Waals surface area contributed by atoms with Gasteiger partial charge in [-0.3, -0.25) is 5.41 Å². The Bertz CT molecular complexity index is 793. The summed E-state index contributed by atoms with van der Waals surface area (Å²) in [7, 11) is 0. The highest BCUT2D eigenvalue weighted by Crippen LogP contribution is 2.21. The number of nitrogens with zero attached hydrogens (tertiary/aromatic N) is 2. The Hall–Kier alpha value is -2.95. The van der Waals surface area contributed by atoms with Gasteiger partial charge >= 0.3 is 0 Å². The molecule has 5 heteroatoms. The van der Waals surface area contributed by atoms with E-state index in [1.165, 1.54) is 12.1 Å². The maximum atomic E-state index is 13.3. The molecule has 0 spiro atoms. The highest BCUT2D eigenvalue weighted by atomic mass is 19.1. The first-order chi connectivity index (χ1) is 10.1. The Balaban J connectivity index is 2.07. The number of rotatable bonds is 3. The third-order valence-corrected chi connectivity index (χ3v) is 3.19. The number of halogens is 1. The van der Waals surface area contributed by atoms with Crippen molar-refractivity contribution in [1.82, 2.24) is 9.78 Å². The largest absolute Gasteiger partial charge is 0.384 e. The molecule has 0 radical (unpaired) electrons. The van der Waals surface area contributed by atoms with Crippen LogP contribution in [0.25, 0.3) is 16.8 Å². The predicted octanol–water partition coefficient (Wildman–Crippen LogP) is 2.96. The van der Waals surface area contributed by atoms with Crippen LogP contribution in [0.3, 0.4) is 0 Å². The number of amidine groups is 1. The molecule has 0 aliphatic rings. The molecule has 0 aliphatic heterocycles. The van der Waals surface area contributed by atoms with Crippen LogP contribution in [-0.4, -0.2) is 15.6 Å². The Labute approximate surface area is 121 Å². The van der Waals surface area contributed by atoms with Crippen LogP contribution in [0, 0.1) is 11.2 Å². The quantitative estimate of drug-likeness (QED) is 0.572. The van der Waals surface area contributed by atoms with E-state index in [-0.39, 0.29) is 5.84 Å². The van der Waals surface area contributed by atoms with Crippen molar-refractivity contribution in [2.24, 2.45) is 5.73 Å². The van der Waals surface area contributed by atoms with Crippen molar-refractivity contribution in [3.8, 4) is 16.8 Å². The van der Waals surface area contributed by atoms with Crippen LogP contribution in [0.2, 0.25) is 0 Å². The highest BCUT2D eigenvalue weighted by molar-refractivity contribution is 5.98. The zero-order valence-electron chi connectivity index (χ0n) is 11.1. The van der Waals surface area contributed by atoms with Gasteiger partial charge in [0.25, 0.3) is 0 Å². The summed E-state index contributed by atoms with van der Waals surface area (Å²) in [5, 5.41) is 11.8. The van der Waals surface area contributed by atoms with Gasteiger partial charge in [0.1, 0.15) is 11.7 Å². The summed E-state index contributed by atoms with van der Waals surface area (Å²) in [6, 6.07) is 13.9. The van der Waals surface area contributed by atoms with Crippen molar-refractivity contribution in [1.29, 1.82) is 5.41 Å². The van der Waals surface area contributed by atoms with Crippen molar-refractivity contribution in [2.45, 2.75) is 0 Å². The fourth-order valence-corrected chi connectivity index (χ4v) is 2.16. The van der Waals surface area contributed by atoms with E-state index in [2.05, 4.69) is 5.10 Å². The molecule has 3 N–H and O–H groups in total. The molecule has 0 amide bonds. The minimum atomic E-state index is -0.431. The number of hydrogen-bond donors (Lipinski definition) is 2. The minimum Gasteiger partial charge on any atom is -0.384 e. The van der Waals surface area contributed by atoms with Gasteiger partial charge in [0.15, 0.2) is 0 Å². The van der Waals surface area contributed by atoms with Crippen LogP contribution in [-0.2, 0) is 0 Å². The average Bonchev–Trinajstić information content (AvgIpc) is 2.97. The average molecular weight is 280 g/mol. The van der Waals surface area contributed by atoms with Crippen molar-refractivity contribution in [3.05, 3.63) is 72.3 Å². The molecule has 0 saturated carbocycles. The van der Waals surface area contributed by atoms with Gasteiger partial charge in [-0.25, -0.2) is 9.07 Å². The molecule has 4 nitrogen and oxygen atoms in total. The van der Waals surface area contributed by atoms with Crippen LogP contribution in [0.4, 0.5) is 4.39 Å². The van der Waals surface area contributed by atoms with Gasteiger partial charge in [-0.05, 0) is 23.8 Å². The number of aromatic nitrogens is 2. The molecular formula is C16H13FN4. The van der Waals surface area contributed by atoms with Crippen molar-refractivity contribution in [2.75, 3.05) is 0 Å². The smallest absolute Gasteiger partial charge is 0.125 e. The summed E-state index contributed by atoms with van der Waals surface area (Å²) in [5.41, 5.74) is 8.38. The number of nitrogens with two attached hydrogens (primary N) is 1. The van der Waals surface area contributed by atoms with Crippen LogP contribution in [0.15, 0.2) is 60.9 Å². The molecule has 104 valence electrons. The summed E-state index contributed by atoms with van der Waals surface area (Å²) >= 11 is 0. The molecule has 1 heterocycles. The monoisotopic (exact) mass is 280 g/mol. The molecule has 0 fully saturated rings. The van der Waals surface area contributed by atoms with E-state index in [4.69, 9.17) is 11.1 Å². The Kier molecular flexibility index (Phi) is 3.23. The second kappa shape index (κ2) is 5.20. The summed E-state index contributed by atoms with van der Waals surface area (Å²) in [5.74, 6) is -0.624. The second-order valence-electron chi connectivity index (χ2n) is 4.61. The van der Waals surface area contributed by atoms with E-state index in [0.29, 0.717) is 11.3 Å². The van der Waals surface area contributed by atoms with E-state index in [9.17, 15) is 4.39 Å². The molecule has 21 heavy (non-hydrogen) atoms. The summed E-state index contributed by atoms with van der Waals surface area (Å²) in [4.78, 5) is 0. The third-order valence-electron chi connectivity index (χ3n) is 3.19. The lowest BCUT2D eigenvalue weighted by atomic mass is 10.1. The molecular weight excluding hydrogens is 267 g/mol. The first-order valence-corrected chi connectivity index (χ1v) is 6.39. The molecule has 3 aromatic rings. The topological polar surface area (TPSA) is 67.7 Å². The van der Waals surface area contributed by atoms with E-state index in [1.807, 2.05) is 36.5 Å². The first-order valence-electron chi connectivity index (χ1n) is 6.39. The Morgan fingerprint density at radius 3 is 2.57 bits per heavy atom. The van der Waals surface area contributed by atoms with E-state index in [1.54, 1.807) is 16.9 Å². The molecule has 3 rings (SSSR count). The fourth-order valence-electron chi connectivity index (χ4n) is 2.16. The van der Waals surface area contributed by atoms with Gasteiger partial charge < -0.3 is 5.73 Å². The van der Waals surface area contributed by atoms with Gasteiger partial charge in [-0.2, -0.15) is 5.10 Å². The lowest BCUT2D eigenvalue weighted by Gasteiger charge is -2.08. The standard InChI is InChI=1S/C16H13FN4/c17-13-6-7-15(14(8-13)16(18)19)21-10-12(9-20-21)11-4-2-1-3-5-11/h1-10H,(H3,18,19). The van der Waals surface area contributed by atoms with Crippen LogP contribution < -0.4 is 5.73 Å². The fraction of sp³-hybridized carbons (Fsp3) is 0. The van der Waals surface area contributed by atoms with Crippen LogP contribution in [0.1, 0.15) is 5.56 Å². The van der Waals surface area contributed by atoms with Crippen molar-refractivity contribution >= 4 is 5.84 Å². The van der Waals surface area contributed by atoms with Crippen LogP contribution in [0.5, 0.6) is 0 Å². The van der Waals surface area contributed by atoms with E-state index >= 15 is 0 Å². The SMILES string of the molecule is N=C(N)c1cc(F)ccc1-n1cc(-c2ccccc2)cn1. The lowest BCUT2D eigenvalue weighted by molar-refractivity contribution is 0.626. The number of hydrogen-bond acceptors (Lipinski definition) is 2. The predicted molar refractivity (Wildman–Crippen MR) is 80.0 cm³/mol. The van der Waals surface area contributed by atoms with Gasteiger partial charge in [0.05, 0.1) is 11.9 Å². The maximum Gasteiger partial charge on any atom is 0.125 e. The zero-order chi connectivity index (χ0) is 14.8. The van der Waals surface area contributed by atoms with E-state index < -0.39 is 5.82 Å². The number of nitrogen functional groups attached to an aromatic ring is 1. The van der Waals surface area contributed by atoms with Crippen LogP contribution >= 0.6 is 0 Å². The number of benzene rings is 2. The van der Waals surface area contributed by atoms with Crippen molar-refractivity contribution < 1.29 is 4.39 Å². The van der Waals surface area contributed by atoms with Crippen molar-refractivity contribution in [3.63, 3.8) is 0 Å². The zero-order valence-corrected chi connectivity index (χ0v) is 11.1. The number of nitrogens with one attached hydrogen (secondary N) is 1. The molecule has 0 unspecified atom stereocenters. The second-order valence-corrected chi connectivity index (χ2v) is 4.61. The normalized spacial score (nSPS) is 10.5. The minimum absolute atomic E-state index is 0.193. The molecule has 1 aromatic heterocycles. The van der Waals surface area contributed by atoms with Gasteiger partial charge in [0, 0.05) is 17.3 Å². The first kappa shape index (κ1) is 13.1. The molecule has 0 bridgehead atoms. The molecule has 0 aliphatic carbocycles.